The molecule has 0 spiro atoms. The van der Waals surface area contributed by atoms with E-state index in [0.717, 1.165) is 28.4 Å². The quantitative estimate of drug-likeness (QED) is 0.466. The predicted molar refractivity (Wildman–Crippen MR) is 123 cm³/mol. The van der Waals surface area contributed by atoms with Crippen LogP contribution in [-0.4, -0.2) is 5.91 Å². The van der Waals surface area contributed by atoms with E-state index in [4.69, 9.17) is 11.6 Å². The van der Waals surface area contributed by atoms with E-state index < -0.39 is 0 Å². The second-order valence-corrected chi connectivity index (χ2v) is 8.59. The molecule has 2 aliphatic rings. The molecule has 150 valence electrons. The van der Waals surface area contributed by atoms with Gasteiger partial charge in [0.25, 0.3) is 5.91 Å². The molecule has 3 aromatic carbocycles. The molecule has 1 heterocycles. The molecule has 1 aliphatic carbocycles. The van der Waals surface area contributed by atoms with Gasteiger partial charge in [0.15, 0.2) is 0 Å². The molecule has 0 saturated heterocycles. The molecule has 4 heteroatoms. The highest BCUT2D eigenvalue weighted by atomic mass is 35.5. The minimum Gasteiger partial charge on any atom is -0.378 e. The summed E-state index contributed by atoms with van der Waals surface area (Å²) >= 11 is 6.09. The maximum atomic E-state index is 12.7. The lowest BCUT2D eigenvalue weighted by Crippen LogP contribution is -2.29. The molecule has 30 heavy (non-hydrogen) atoms. The van der Waals surface area contributed by atoms with Gasteiger partial charge in [-0.05, 0) is 72.9 Å². The van der Waals surface area contributed by atoms with Gasteiger partial charge in [0.1, 0.15) is 0 Å². The number of halogens is 1. The first-order valence-electron chi connectivity index (χ1n) is 10.3. The van der Waals surface area contributed by atoms with E-state index in [-0.39, 0.29) is 11.9 Å². The Balaban J connectivity index is 1.43. The zero-order valence-electron chi connectivity index (χ0n) is 16.7. The van der Waals surface area contributed by atoms with Crippen LogP contribution in [0.4, 0.5) is 11.4 Å². The summed E-state index contributed by atoms with van der Waals surface area (Å²) in [4.78, 5) is 12.7. The molecule has 3 unspecified atom stereocenters. The first kappa shape index (κ1) is 19.0. The van der Waals surface area contributed by atoms with Crippen LogP contribution in [0.15, 0.2) is 78.9 Å². The van der Waals surface area contributed by atoms with Crippen LogP contribution >= 0.6 is 11.6 Å². The molecule has 0 saturated carbocycles. The highest BCUT2D eigenvalue weighted by Gasteiger charge is 2.37. The van der Waals surface area contributed by atoms with E-state index >= 15 is 0 Å². The van der Waals surface area contributed by atoms with Gasteiger partial charge in [0.2, 0.25) is 0 Å². The number of anilines is 2. The van der Waals surface area contributed by atoms with Gasteiger partial charge in [-0.3, -0.25) is 4.79 Å². The van der Waals surface area contributed by atoms with E-state index in [1.54, 1.807) is 0 Å². The summed E-state index contributed by atoms with van der Waals surface area (Å²) in [5.41, 5.74) is 6.18. The Morgan fingerprint density at radius 1 is 1.07 bits per heavy atom. The number of benzene rings is 3. The van der Waals surface area contributed by atoms with Gasteiger partial charge in [0, 0.05) is 27.9 Å². The summed E-state index contributed by atoms with van der Waals surface area (Å²) in [5.74, 6) is 0.694. The monoisotopic (exact) mass is 414 g/mol. The molecule has 5 rings (SSSR count). The Labute approximate surface area is 181 Å². The van der Waals surface area contributed by atoms with Gasteiger partial charge in [-0.1, -0.05) is 53.6 Å². The van der Waals surface area contributed by atoms with Crippen LogP contribution in [0.5, 0.6) is 0 Å². The molecule has 0 fully saturated rings. The van der Waals surface area contributed by atoms with Crippen molar-refractivity contribution in [1.82, 2.24) is 0 Å². The van der Waals surface area contributed by atoms with Crippen LogP contribution in [0, 0.1) is 12.8 Å². The maximum Gasteiger partial charge on any atom is 0.255 e. The fourth-order valence-corrected chi connectivity index (χ4v) is 4.79. The Morgan fingerprint density at radius 3 is 2.70 bits per heavy atom. The Hall–Kier alpha value is -3.04. The second-order valence-electron chi connectivity index (χ2n) is 8.15. The topological polar surface area (TPSA) is 41.1 Å². The lowest BCUT2D eigenvalue weighted by molar-refractivity contribution is 0.102. The van der Waals surface area contributed by atoms with E-state index in [0.29, 0.717) is 17.4 Å². The van der Waals surface area contributed by atoms with Gasteiger partial charge in [-0.25, -0.2) is 0 Å². The number of rotatable bonds is 3. The first-order valence-corrected chi connectivity index (χ1v) is 10.7. The summed E-state index contributed by atoms with van der Waals surface area (Å²) in [5, 5.41) is 7.54. The minimum absolute atomic E-state index is 0.0834. The lowest BCUT2D eigenvalue weighted by atomic mass is 9.77. The van der Waals surface area contributed by atoms with Crippen LogP contribution in [0.25, 0.3) is 0 Å². The van der Waals surface area contributed by atoms with Crippen molar-refractivity contribution in [2.75, 3.05) is 10.6 Å². The maximum absolute atomic E-state index is 12.7. The molecule has 1 amide bonds. The van der Waals surface area contributed by atoms with Crippen molar-refractivity contribution in [3.8, 4) is 0 Å². The van der Waals surface area contributed by atoms with Crippen molar-refractivity contribution in [3.63, 3.8) is 0 Å². The highest BCUT2D eigenvalue weighted by molar-refractivity contribution is 6.30. The zero-order chi connectivity index (χ0) is 20.7. The van der Waals surface area contributed by atoms with E-state index in [1.807, 2.05) is 49.4 Å². The average molecular weight is 415 g/mol. The molecule has 2 N–H and O–H groups in total. The van der Waals surface area contributed by atoms with Gasteiger partial charge in [0.05, 0.1) is 6.04 Å². The van der Waals surface area contributed by atoms with Crippen LogP contribution in [0.3, 0.4) is 0 Å². The standard InChI is InChI=1S/C26H23ClN2O/c1-16-4-2-5-18(14-16)26(30)28-20-12-13-24-23(15-20)21-6-3-7-22(21)25(29-24)17-8-10-19(27)11-9-17/h2-6,8-15,21-22,25,29H,7H2,1H3,(H,28,30). The Bertz CT molecular complexity index is 1140. The van der Waals surface area contributed by atoms with Crippen molar-refractivity contribution in [3.05, 3.63) is 106 Å². The van der Waals surface area contributed by atoms with Crippen molar-refractivity contribution in [2.45, 2.75) is 25.3 Å². The van der Waals surface area contributed by atoms with Gasteiger partial charge >= 0.3 is 0 Å². The summed E-state index contributed by atoms with van der Waals surface area (Å²) in [6.45, 7) is 1.99. The molecule has 1 aliphatic heterocycles. The lowest BCUT2D eigenvalue weighted by Gasteiger charge is -2.37. The number of hydrogen-bond donors (Lipinski definition) is 2. The largest absolute Gasteiger partial charge is 0.378 e. The first-order chi connectivity index (χ1) is 14.6. The number of nitrogens with one attached hydrogen (secondary N) is 2. The number of fused-ring (bicyclic) bond motifs is 3. The number of allylic oxidation sites excluding steroid dienone is 2. The van der Waals surface area contributed by atoms with Gasteiger partial charge in [-0.2, -0.15) is 0 Å². The highest BCUT2D eigenvalue weighted by Crippen LogP contribution is 2.50. The van der Waals surface area contributed by atoms with E-state index in [2.05, 4.69) is 47.1 Å². The molecule has 3 aromatic rings. The number of hydrogen-bond acceptors (Lipinski definition) is 2. The van der Waals surface area contributed by atoms with Crippen molar-refractivity contribution in [1.29, 1.82) is 0 Å². The van der Waals surface area contributed by atoms with Crippen molar-refractivity contribution >= 4 is 28.9 Å². The third-order valence-corrected chi connectivity index (χ3v) is 6.38. The summed E-state index contributed by atoms with van der Waals surface area (Å²) in [6.07, 6.45) is 5.61. The summed E-state index contributed by atoms with van der Waals surface area (Å²) in [6, 6.07) is 22.2. The van der Waals surface area contributed by atoms with Crippen LogP contribution in [0.2, 0.25) is 5.02 Å². The number of carbonyl (C=O) groups is 1. The van der Waals surface area contributed by atoms with Crippen LogP contribution in [0.1, 0.15) is 45.4 Å². The molecular formula is C26H23ClN2O. The molecular weight excluding hydrogens is 392 g/mol. The summed E-state index contributed by atoms with van der Waals surface area (Å²) in [7, 11) is 0. The third-order valence-electron chi connectivity index (χ3n) is 6.13. The second kappa shape index (κ2) is 7.66. The molecule has 0 radical (unpaired) electrons. The van der Waals surface area contributed by atoms with Crippen molar-refractivity contribution in [2.24, 2.45) is 5.92 Å². The number of amides is 1. The predicted octanol–water partition coefficient (Wildman–Crippen LogP) is 6.73. The number of aryl methyl sites for hydroxylation is 1. The fourth-order valence-electron chi connectivity index (χ4n) is 4.66. The fraction of sp³-hybridized carbons (Fsp3) is 0.192. The third kappa shape index (κ3) is 3.50. The molecule has 0 bridgehead atoms. The van der Waals surface area contributed by atoms with Gasteiger partial charge < -0.3 is 10.6 Å². The van der Waals surface area contributed by atoms with Crippen molar-refractivity contribution < 1.29 is 4.79 Å². The van der Waals surface area contributed by atoms with Gasteiger partial charge in [-0.15, -0.1) is 0 Å². The van der Waals surface area contributed by atoms with E-state index in [9.17, 15) is 4.79 Å². The normalized spacial score (nSPS) is 21.5. The molecule has 0 aromatic heterocycles. The number of carbonyl (C=O) groups excluding carboxylic acids is 1. The van der Waals surface area contributed by atoms with Crippen LogP contribution in [-0.2, 0) is 0 Å². The zero-order valence-corrected chi connectivity index (χ0v) is 17.5. The molecule has 3 nitrogen and oxygen atoms in total. The van der Waals surface area contributed by atoms with Crippen LogP contribution < -0.4 is 10.6 Å². The Morgan fingerprint density at radius 2 is 1.90 bits per heavy atom. The molecule has 3 atom stereocenters. The Kier molecular flexibility index (Phi) is 4.84. The minimum atomic E-state index is -0.0834. The SMILES string of the molecule is Cc1cccc(C(=O)Nc2ccc3c(c2)C2C=CCC2C(c2ccc(Cl)cc2)N3)c1. The summed E-state index contributed by atoms with van der Waals surface area (Å²) < 4.78 is 0. The van der Waals surface area contributed by atoms with E-state index in [1.165, 1.54) is 11.1 Å². The smallest absolute Gasteiger partial charge is 0.255 e. The average Bonchev–Trinajstić information content (AvgIpc) is 3.24.